The van der Waals surface area contributed by atoms with Crippen molar-refractivity contribution < 1.29 is 5.11 Å². The molecule has 0 amide bonds. The van der Waals surface area contributed by atoms with E-state index in [1.807, 2.05) is 37.3 Å². The molecule has 2 nitrogen and oxygen atoms in total. The number of aliphatic hydroxyl groups is 1. The van der Waals surface area contributed by atoms with Crippen LogP contribution in [0, 0.1) is 0 Å². The smallest absolute Gasteiger partial charge is 0.0938 e. The van der Waals surface area contributed by atoms with Crippen molar-refractivity contribution in [1.29, 1.82) is 0 Å². The third-order valence-corrected chi connectivity index (χ3v) is 3.61. The first-order chi connectivity index (χ1) is 9.16. The normalized spacial score (nSPS) is 14.7. The molecule has 0 fully saturated rings. The van der Waals surface area contributed by atoms with Gasteiger partial charge in [-0.15, -0.1) is 0 Å². The van der Waals surface area contributed by atoms with Crippen molar-refractivity contribution in [3.8, 4) is 0 Å². The van der Waals surface area contributed by atoms with Crippen molar-refractivity contribution in [2.45, 2.75) is 19.1 Å². The summed E-state index contributed by atoms with van der Waals surface area (Å²) in [7, 11) is 0. The van der Waals surface area contributed by atoms with Crippen LogP contribution >= 0.6 is 0 Å². The van der Waals surface area contributed by atoms with Crippen LogP contribution in [0.3, 0.4) is 0 Å². The van der Waals surface area contributed by atoms with Gasteiger partial charge in [-0.3, -0.25) is 0 Å². The Labute approximate surface area is 112 Å². The Balaban J connectivity index is 2.28. The molecule has 0 aliphatic carbocycles. The fourth-order valence-corrected chi connectivity index (χ4v) is 2.51. The number of benzene rings is 3. The zero-order chi connectivity index (χ0) is 13.4. The second kappa shape index (κ2) is 4.65. The number of aliphatic hydroxyl groups excluding tert-OH is 1. The topological polar surface area (TPSA) is 46.2 Å². The van der Waals surface area contributed by atoms with Crippen LogP contribution in [0.2, 0.25) is 0 Å². The molecular formula is C17H17NO. The minimum Gasteiger partial charge on any atom is -0.387 e. The number of hydrogen-bond acceptors (Lipinski definition) is 2. The fourth-order valence-electron chi connectivity index (χ4n) is 2.51. The second-order valence-corrected chi connectivity index (χ2v) is 5.07. The maximum Gasteiger partial charge on any atom is 0.0938 e. The van der Waals surface area contributed by atoms with Crippen LogP contribution in [0.1, 0.15) is 18.6 Å². The van der Waals surface area contributed by atoms with Crippen molar-refractivity contribution in [2.24, 2.45) is 5.73 Å². The Morgan fingerprint density at radius 1 is 0.895 bits per heavy atom. The summed E-state index contributed by atoms with van der Waals surface area (Å²) in [5.41, 5.74) is 6.65. The quantitative estimate of drug-likeness (QED) is 0.686. The first-order valence-corrected chi connectivity index (χ1v) is 6.52. The van der Waals surface area contributed by atoms with E-state index in [2.05, 4.69) is 24.3 Å². The van der Waals surface area contributed by atoms with Crippen molar-refractivity contribution in [2.75, 3.05) is 0 Å². The molecule has 0 heterocycles. The molecule has 3 N–H and O–H groups in total. The zero-order valence-electron chi connectivity index (χ0n) is 10.9. The van der Waals surface area contributed by atoms with Crippen LogP contribution in [0.5, 0.6) is 0 Å². The summed E-state index contributed by atoms with van der Waals surface area (Å²) in [5, 5.41) is 14.9. The molecule has 0 radical (unpaired) electrons. The van der Waals surface area contributed by atoms with Crippen LogP contribution in [0.25, 0.3) is 21.5 Å². The second-order valence-electron chi connectivity index (χ2n) is 5.07. The van der Waals surface area contributed by atoms with Gasteiger partial charge in [0.05, 0.1) is 6.10 Å². The molecule has 0 saturated carbocycles. The van der Waals surface area contributed by atoms with Crippen molar-refractivity contribution in [1.82, 2.24) is 0 Å². The van der Waals surface area contributed by atoms with E-state index in [0.717, 1.165) is 10.9 Å². The van der Waals surface area contributed by atoms with Gasteiger partial charge in [0.25, 0.3) is 0 Å². The Kier molecular flexibility index (Phi) is 2.97. The van der Waals surface area contributed by atoms with Gasteiger partial charge in [-0.1, -0.05) is 48.5 Å². The van der Waals surface area contributed by atoms with Crippen molar-refractivity contribution >= 4 is 21.5 Å². The first-order valence-electron chi connectivity index (χ1n) is 6.52. The Hall–Kier alpha value is -1.90. The van der Waals surface area contributed by atoms with Crippen LogP contribution in [-0.2, 0) is 0 Å². The van der Waals surface area contributed by atoms with Crippen molar-refractivity contribution in [3.05, 3.63) is 60.2 Å². The molecule has 0 saturated heterocycles. The standard InChI is InChI=1S/C17H17NO/c1-11(18)17(19)14-9-8-13-7-6-12-4-2-3-5-15(12)16(13)10-14/h2-11,17,19H,18H2,1H3/t11-,17+/m0/s1. The highest BCUT2D eigenvalue weighted by atomic mass is 16.3. The fraction of sp³-hybridized carbons (Fsp3) is 0.176. The SMILES string of the molecule is C[C@H](N)[C@@H](O)c1ccc2ccc3ccccc3c2c1. The number of hydrogen-bond donors (Lipinski definition) is 2. The van der Waals surface area contributed by atoms with Gasteiger partial charge in [-0.2, -0.15) is 0 Å². The highest BCUT2D eigenvalue weighted by molar-refractivity contribution is 6.07. The number of fused-ring (bicyclic) bond motifs is 3. The van der Waals surface area contributed by atoms with Gasteiger partial charge < -0.3 is 10.8 Å². The summed E-state index contributed by atoms with van der Waals surface area (Å²) in [6.45, 7) is 1.82. The van der Waals surface area contributed by atoms with E-state index in [1.165, 1.54) is 16.2 Å². The summed E-state index contributed by atoms with van der Waals surface area (Å²) >= 11 is 0. The van der Waals surface area contributed by atoms with Crippen LogP contribution in [-0.4, -0.2) is 11.1 Å². The molecule has 3 aromatic carbocycles. The van der Waals surface area contributed by atoms with E-state index >= 15 is 0 Å². The lowest BCUT2D eigenvalue weighted by Crippen LogP contribution is -2.24. The van der Waals surface area contributed by atoms with E-state index in [1.54, 1.807) is 0 Å². The molecule has 0 unspecified atom stereocenters. The average Bonchev–Trinajstić information content (AvgIpc) is 2.45. The van der Waals surface area contributed by atoms with E-state index in [0.29, 0.717) is 0 Å². The third kappa shape index (κ3) is 2.09. The summed E-state index contributed by atoms with van der Waals surface area (Å²) in [5.74, 6) is 0. The Morgan fingerprint density at radius 3 is 2.26 bits per heavy atom. The molecule has 0 aromatic heterocycles. The molecule has 0 spiro atoms. The van der Waals surface area contributed by atoms with Gasteiger partial charge in [-0.25, -0.2) is 0 Å². The molecule has 0 aliphatic rings. The maximum absolute atomic E-state index is 10.1. The summed E-state index contributed by atoms with van der Waals surface area (Å²) < 4.78 is 0. The molecule has 3 rings (SSSR count). The van der Waals surface area contributed by atoms with Crippen LogP contribution < -0.4 is 5.73 Å². The van der Waals surface area contributed by atoms with Gasteiger partial charge in [0.1, 0.15) is 0 Å². The summed E-state index contributed by atoms with van der Waals surface area (Å²) in [6, 6.07) is 18.3. The Morgan fingerprint density at radius 2 is 1.53 bits per heavy atom. The average molecular weight is 251 g/mol. The summed E-state index contributed by atoms with van der Waals surface area (Å²) in [6.07, 6.45) is -0.622. The number of nitrogens with two attached hydrogens (primary N) is 1. The molecule has 19 heavy (non-hydrogen) atoms. The zero-order valence-corrected chi connectivity index (χ0v) is 10.9. The predicted molar refractivity (Wildman–Crippen MR) is 80.1 cm³/mol. The monoisotopic (exact) mass is 251 g/mol. The van der Waals surface area contributed by atoms with E-state index < -0.39 is 6.10 Å². The molecule has 2 atom stereocenters. The van der Waals surface area contributed by atoms with Gasteiger partial charge in [-0.05, 0) is 40.1 Å². The molecule has 0 aliphatic heterocycles. The van der Waals surface area contributed by atoms with E-state index in [4.69, 9.17) is 5.73 Å². The van der Waals surface area contributed by atoms with Gasteiger partial charge in [0.15, 0.2) is 0 Å². The molecule has 2 heteroatoms. The lowest BCUT2D eigenvalue weighted by Gasteiger charge is -2.16. The molecule has 3 aromatic rings. The minimum absolute atomic E-state index is 0.271. The highest BCUT2D eigenvalue weighted by Crippen LogP contribution is 2.28. The van der Waals surface area contributed by atoms with E-state index in [9.17, 15) is 5.11 Å². The first kappa shape index (κ1) is 12.2. The van der Waals surface area contributed by atoms with Gasteiger partial charge in [0, 0.05) is 6.04 Å². The third-order valence-electron chi connectivity index (χ3n) is 3.61. The largest absolute Gasteiger partial charge is 0.387 e. The lowest BCUT2D eigenvalue weighted by atomic mass is 9.96. The number of rotatable bonds is 2. The van der Waals surface area contributed by atoms with Gasteiger partial charge >= 0.3 is 0 Å². The predicted octanol–water partition coefficient (Wildman–Crippen LogP) is 3.37. The van der Waals surface area contributed by atoms with Crippen LogP contribution in [0.4, 0.5) is 0 Å². The van der Waals surface area contributed by atoms with Crippen LogP contribution in [0.15, 0.2) is 54.6 Å². The van der Waals surface area contributed by atoms with Crippen molar-refractivity contribution in [3.63, 3.8) is 0 Å². The van der Waals surface area contributed by atoms with Gasteiger partial charge in [0.2, 0.25) is 0 Å². The molecule has 0 bridgehead atoms. The maximum atomic E-state index is 10.1. The summed E-state index contributed by atoms with van der Waals surface area (Å²) in [4.78, 5) is 0. The lowest BCUT2D eigenvalue weighted by molar-refractivity contribution is 0.153. The highest BCUT2D eigenvalue weighted by Gasteiger charge is 2.13. The minimum atomic E-state index is -0.622. The molecular weight excluding hydrogens is 234 g/mol. The molecule has 96 valence electrons. The van der Waals surface area contributed by atoms with E-state index in [-0.39, 0.29) is 6.04 Å². The Bertz CT molecular complexity index is 733.